The number of carbonyl (C=O) groups is 1. The Morgan fingerprint density at radius 2 is 1.70 bits per heavy atom. The fourth-order valence-electron chi connectivity index (χ4n) is 4.00. The van der Waals surface area contributed by atoms with Gasteiger partial charge in [0.05, 0.1) is 26.0 Å². The smallest absolute Gasteiger partial charge is 0.236 e. The lowest BCUT2D eigenvalue weighted by molar-refractivity contribution is -0.134. The van der Waals surface area contributed by atoms with Gasteiger partial charge in [-0.3, -0.25) is 14.6 Å². The Morgan fingerprint density at radius 3 is 2.30 bits per heavy atom. The molecule has 0 aliphatic carbocycles. The van der Waals surface area contributed by atoms with Gasteiger partial charge >= 0.3 is 0 Å². The fourth-order valence-corrected chi connectivity index (χ4v) is 4.83. The number of morpholine rings is 1. The largest absolute Gasteiger partial charge is 0.379 e. The van der Waals surface area contributed by atoms with E-state index in [-0.39, 0.29) is 11.9 Å². The van der Waals surface area contributed by atoms with Crippen LogP contribution < -0.4 is 0 Å². The summed E-state index contributed by atoms with van der Waals surface area (Å²) in [5.41, 5.74) is 1.18. The molecular formula is C21H34N4O4S. The van der Waals surface area contributed by atoms with Crippen LogP contribution in [0.4, 0.5) is 0 Å². The number of sulfonamides is 1. The minimum atomic E-state index is -3.20. The van der Waals surface area contributed by atoms with E-state index in [9.17, 15) is 13.2 Å². The van der Waals surface area contributed by atoms with Crippen LogP contribution in [0.1, 0.15) is 12.5 Å². The van der Waals surface area contributed by atoms with E-state index in [1.807, 2.05) is 18.2 Å². The summed E-state index contributed by atoms with van der Waals surface area (Å²) < 4.78 is 30.3. The summed E-state index contributed by atoms with van der Waals surface area (Å²) in [7, 11) is -3.20. The van der Waals surface area contributed by atoms with Crippen LogP contribution in [0, 0.1) is 0 Å². The summed E-state index contributed by atoms with van der Waals surface area (Å²) in [6, 6.07) is 10.4. The summed E-state index contributed by atoms with van der Waals surface area (Å²) in [6.07, 6.45) is 1.22. The molecule has 0 saturated carbocycles. The quantitative estimate of drug-likeness (QED) is 0.582. The van der Waals surface area contributed by atoms with Crippen LogP contribution >= 0.6 is 0 Å². The molecule has 1 unspecified atom stereocenters. The highest BCUT2D eigenvalue weighted by Crippen LogP contribution is 2.13. The van der Waals surface area contributed by atoms with E-state index in [4.69, 9.17) is 4.74 Å². The molecule has 0 spiro atoms. The number of carbonyl (C=O) groups excluding carboxylic acids is 1. The number of ether oxygens (including phenoxy) is 1. The molecule has 1 amide bonds. The standard InChI is InChI=1S/C21H34N4O4S/c1-19(16-22-12-14-29-15-13-22)24(17-20-6-4-3-5-7-20)18-21(26)23-8-10-25(11-9-23)30(2,27)28/h3-7,19H,8-18H2,1-2H3. The Bertz CT molecular complexity index is 775. The molecule has 1 aromatic rings. The van der Waals surface area contributed by atoms with Crippen LogP contribution in [0.5, 0.6) is 0 Å². The highest BCUT2D eigenvalue weighted by Gasteiger charge is 2.28. The topological polar surface area (TPSA) is 73.4 Å². The molecule has 2 heterocycles. The Kier molecular flexibility index (Phi) is 8.24. The molecule has 2 fully saturated rings. The predicted molar refractivity (Wildman–Crippen MR) is 117 cm³/mol. The second kappa shape index (κ2) is 10.7. The highest BCUT2D eigenvalue weighted by atomic mass is 32.2. The molecule has 2 saturated heterocycles. The van der Waals surface area contributed by atoms with Gasteiger partial charge in [-0.1, -0.05) is 30.3 Å². The average molecular weight is 439 g/mol. The molecule has 8 nitrogen and oxygen atoms in total. The van der Waals surface area contributed by atoms with E-state index in [1.165, 1.54) is 16.1 Å². The highest BCUT2D eigenvalue weighted by molar-refractivity contribution is 7.88. The molecule has 9 heteroatoms. The van der Waals surface area contributed by atoms with E-state index in [1.54, 1.807) is 4.90 Å². The SMILES string of the molecule is CC(CN1CCOCC1)N(CC(=O)N1CCN(S(C)(=O)=O)CC1)Cc1ccccc1. The molecule has 1 aromatic carbocycles. The first-order valence-electron chi connectivity index (χ1n) is 10.6. The van der Waals surface area contributed by atoms with Crippen LogP contribution in [-0.2, 0) is 26.1 Å². The van der Waals surface area contributed by atoms with E-state index < -0.39 is 10.0 Å². The Balaban J connectivity index is 1.61. The van der Waals surface area contributed by atoms with Crippen molar-refractivity contribution in [1.29, 1.82) is 0 Å². The van der Waals surface area contributed by atoms with Crippen molar-refractivity contribution in [3.8, 4) is 0 Å². The van der Waals surface area contributed by atoms with Gasteiger partial charge in [-0.15, -0.1) is 0 Å². The van der Waals surface area contributed by atoms with Crippen molar-refractivity contribution in [2.24, 2.45) is 0 Å². The number of benzene rings is 1. The minimum Gasteiger partial charge on any atom is -0.379 e. The number of piperazine rings is 1. The van der Waals surface area contributed by atoms with Gasteiger partial charge in [0, 0.05) is 58.4 Å². The third kappa shape index (κ3) is 6.75. The van der Waals surface area contributed by atoms with E-state index in [2.05, 4.69) is 28.9 Å². The minimum absolute atomic E-state index is 0.0629. The molecule has 0 aromatic heterocycles. The maximum absolute atomic E-state index is 13.0. The molecule has 3 rings (SSSR count). The first-order valence-corrected chi connectivity index (χ1v) is 12.5. The van der Waals surface area contributed by atoms with Gasteiger partial charge in [-0.25, -0.2) is 8.42 Å². The lowest BCUT2D eigenvalue weighted by atomic mass is 10.1. The average Bonchev–Trinajstić information content (AvgIpc) is 2.74. The molecule has 0 radical (unpaired) electrons. The fraction of sp³-hybridized carbons (Fsp3) is 0.667. The first-order chi connectivity index (χ1) is 14.3. The lowest BCUT2D eigenvalue weighted by Crippen LogP contribution is -2.54. The van der Waals surface area contributed by atoms with E-state index >= 15 is 0 Å². The molecule has 2 aliphatic rings. The van der Waals surface area contributed by atoms with Crippen LogP contribution in [-0.4, -0.2) is 111 Å². The summed E-state index contributed by atoms with van der Waals surface area (Å²) in [5, 5.41) is 0. The van der Waals surface area contributed by atoms with Gasteiger partial charge < -0.3 is 9.64 Å². The van der Waals surface area contributed by atoms with Gasteiger partial charge in [0.15, 0.2) is 0 Å². The van der Waals surface area contributed by atoms with Crippen molar-refractivity contribution in [2.45, 2.75) is 19.5 Å². The van der Waals surface area contributed by atoms with Crippen LogP contribution in [0.25, 0.3) is 0 Å². The van der Waals surface area contributed by atoms with Gasteiger partial charge in [-0.2, -0.15) is 4.31 Å². The Morgan fingerprint density at radius 1 is 1.07 bits per heavy atom. The van der Waals surface area contributed by atoms with E-state index in [0.717, 1.165) is 32.8 Å². The van der Waals surface area contributed by atoms with Crippen molar-refractivity contribution in [1.82, 2.24) is 19.0 Å². The van der Waals surface area contributed by atoms with Crippen molar-refractivity contribution in [3.05, 3.63) is 35.9 Å². The number of amides is 1. The van der Waals surface area contributed by atoms with Crippen molar-refractivity contribution in [2.75, 3.05) is 71.8 Å². The van der Waals surface area contributed by atoms with Crippen molar-refractivity contribution < 1.29 is 17.9 Å². The Labute approximate surface area is 180 Å². The normalized spacial score (nSPS) is 20.4. The van der Waals surface area contributed by atoms with Crippen LogP contribution in [0.2, 0.25) is 0 Å². The molecule has 30 heavy (non-hydrogen) atoms. The number of hydrogen-bond donors (Lipinski definition) is 0. The second-order valence-electron chi connectivity index (χ2n) is 8.20. The number of nitrogens with zero attached hydrogens (tertiary/aromatic N) is 4. The molecule has 0 N–H and O–H groups in total. The summed E-state index contributed by atoms with van der Waals surface area (Å²) >= 11 is 0. The first kappa shape index (κ1) is 23.1. The van der Waals surface area contributed by atoms with Gasteiger partial charge in [0.25, 0.3) is 0 Å². The number of hydrogen-bond acceptors (Lipinski definition) is 6. The third-order valence-corrected chi connectivity index (χ3v) is 7.18. The summed E-state index contributed by atoms with van der Waals surface area (Å²) in [6.45, 7) is 9.10. The van der Waals surface area contributed by atoms with Crippen LogP contribution in [0.3, 0.4) is 0 Å². The predicted octanol–water partition coefficient (Wildman–Crippen LogP) is 0.313. The zero-order valence-corrected chi connectivity index (χ0v) is 18.9. The summed E-state index contributed by atoms with van der Waals surface area (Å²) in [4.78, 5) is 19.4. The molecule has 1 atom stereocenters. The van der Waals surface area contributed by atoms with Crippen molar-refractivity contribution >= 4 is 15.9 Å². The van der Waals surface area contributed by atoms with Gasteiger partial charge in [0.1, 0.15) is 0 Å². The number of rotatable bonds is 8. The molecular weight excluding hydrogens is 404 g/mol. The van der Waals surface area contributed by atoms with Gasteiger partial charge in [0.2, 0.25) is 15.9 Å². The molecule has 2 aliphatic heterocycles. The molecule has 168 valence electrons. The maximum atomic E-state index is 13.0. The molecule has 0 bridgehead atoms. The summed E-state index contributed by atoms with van der Waals surface area (Å²) in [5.74, 6) is 0.0629. The monoisotopic (exact) mass is 438 g/mol. The zero-order valence-electron chi connectivity index (χ0n) is 18.1. The third-order valence-electron chi connectivity index (χ3n) is 5.88. The van der Waals surface area contributed by atoms with E-state index in [0.29, 0.717) is 39.3 Å². The van der Waals surface area contributed by atoms with Gasteiger partial charge in [-0.05, 0) is 12.5 Å². The zero-order chi connectivity index (χ0) is 21.6. The second-order valence-corrected chi connectivity index (χ2v) is 10.2. The Hall–Kier alpha value is -1.52. The van der Waals surface area contributed by atoms with Crippen LogP contribution in [0.15, 0.2) is 30.3 Å². The maximum Gasteiger partial charge on any atom is 0.236 e. The van der Waals surface area contributed by atoms with Crippen molar-refractivity contribution in [3.63, 3.8) is 0 Å². The lowest BCUT2D eigenvalue weighted by Gasteiger charge is -2.37.